The number of ether oxygens (including phenoxy) is 1. The molecular weight excluding hydrogens is 214 g/mol. The lowest BCUT2D eigenvalue weighted by Gasteiger charge is -2.08. The predicted molar refractivity (Wildman–Crippen MR) is 67.1 cm³/mol. The minimum atomic E-state index is 0.627. The maximum Gasteiger partial charge on any atom is 0.213 e. The lowest BCUT2D eigenvalue weighted by Crippen LogP contribution is -2.03. The Labute approximate surface area is 101 Å². The standard InChI is InChI=1S/C13H15N3O/c1-10-4-3-6-15-13(10)16-9-11-5-7-14-12(8-11)17-2/h3-8H,9H2,1-2H3,(H,15,16). The number of methoxy groups -OCH3 is 1. The largest absolute Gasteiger partial charge is 0.481 e. The second kappa shape index (κ2) is 5.30. The smallest absolute Gasteiger partial charge is 0.213 e. The summed E-state index contributed by atoms with van der Waals surface area (Å²) in [5.41, 5.74) is 2.25. The van der Waals surface area contributed by atoms with Crippen LogP contribution in [0, 0.1) is 6.92 Å². The minimum Gasteiger partial charge on any atom is -0.481 e. The van der Waals surface area contributed by atoms with Gasteiger partial charge in [0.15, 0.2) is 0 Å². The van der Waals surface area contributed by atoms with Gasteiger partial charge in [0.05, 0.1) is 7.11 Å². The molecule has 0 radical (unpaired) electrons. The van der Waals surface area contributed by atoms with Crippen LogP contribution in [0.4, 0.5) is 5.82 Å². The molecule has 0 aliphatic rings. The third-order valence-corrected chi connectivity index (χ3v) is 2.48. The van der Waals surface area contributed by atoms with Crippen molar-refractivity contribution < 1.29 is 4.74 Å². The summed E-state index contributed by atoms with van der Waals surface area (Å²) in [5, 5.41) is 3.29. The number of rotatable bonds is 4. The maximum absolute atomic E-state index is 5.08. The molecule has 88 valence electrons. The molecule has 2 heterocycles. The predicted octanol–water partition coefficient (Wildman–Crippen LogP) is 2.41. The molecule has 17 heavy (non-hydrogen) atoms. The van der Waals surface area contributed by atoms with Crippen LogP contribution in [-0.4, -0.2) is 17.1 Å². The van der Waals surface area contributed by atoms with Crippen molar-refractivity contribution in [2.24, 2.45) is 0 Å². The fourth-order valence-corrected chi connectivity index (χ4v) is 1.53. The van der Waals surface area contributed by atoms with E-state index in [1.807, 2.05) is 31.2 Å². The van der Waals surface area contributed by atoms with Gasteiger partial charge in [-0.25, -0.2) is 9.97 Å². The summed E-state index contributed by atoms with van der Waals surface area (Å²) >= 11 is 0. The van der Waals surface area contributed by atoms with Crippen LogP contribution in [0.3, 0.4) is 0 Å². The molecule has 0 unspecified atom stereocenters. The number of hydrogen-bond acceptors (Lipinski definition) is 4. The number of hydrogen-bond donors (Lipinski definition) is 1. The van der Waals surface area contributed by atoms with Crippen molar-refractivity contribution in [2.75, 3.05) is 12.4 Å². The number of pyridine rings is 2. The van der Waals surface area contributed by atoms with E-state index in [0.29, 0.717) is 12.4 Å². The molecule has 0 amide bonds. The Morgan fingerprint density at radius 2 is 2.12 bits per heavy atom. The molecule has 1 N–H and O–H groups in total. The first-order chi connectivity index (χ1) is 8.29. The third kappa shape index (κ3) is 2.93. The maximum atomic E-state index is 5.08. The first-order valence-corrected chi connectivity index (χ1v) is 5.44. The van der Waals surface area contributed by atoms with Gasteiger partial charge in [-0.15, -0.1) is 0 Å². The Morgan fingerprint density at radius 1 is 1.24 bits per heavy atom. The average molecular weight is 229 g/mol. The van der Waals surface area contributed by atoms with Gasteiger partial charge in [0.2, 0.25) is 5.88 Å². The first-order valence-electron chi connectivity index (χ1n) is 5.44. The van der Waals surface area contributed by atoms with E-state index in [0.717, 1.165) is 16.9 Å². The number of aromatic nitrogens is 2. The van der Waals surface area contributed by atoms with Gasteiger partial charge in [0.1, 0.15) is 5.82 Å². The van der Waals surface area contributed by atoms with E-state index in [2.05, 4.69) is 15.3 Å². The van der Waals surface area contributed by atoms with Gasteiger partial charge in [-0.3, -0.25) is 0 Å². The van der Waals surface area contributed by atoms with Crippen molar-refractivity contribution in [1.29, 1.82) is 0 Å². The van der Waals surface area contributed by atoms with Crippen LogP contribution >= 0.6 is 0 Å². The van der Waals surface area contributed by atoms with E-state index in [1.54, 1.807) is 19.5 Å². The van der Waals surface area contributed by atoms with E-state index in [-0.39, 0.29) is 0 Å². The molecule has 2 aromatic rings. The zero-order valence-corrected chi connectivity index (χ0v) is 9.97. The fourth-order valence-electron chi connectivity index (χ4n) is 1.53. The second-order valence-electron chi connectivity index (χ2n) is 3.73. The Kier molecular flexibility index (Phi) is 3.55. The Hall–Kier alpha value is -2.10. The zero-order valence-electron chi connectivity index (χ0n) is 9.97. The van der Waals surface area contributed by atoms with Crippen LogP contribution in [-0.2, 0) is 6.54 Å². The van der Waals surface area contributed by atoms with E-state index < -0.39 is 0 Å². The van der Waals surface area contributed by atoms with Crippen LogP contribution in [0.5, 0.6) is 5.88 Å². The Morgan fingerprint density at radius 3 is 2.88 bits per heavy atom. The van der Waals surface area contributed by atoms with E-state index in [9.17, 15) is 0 Å². The highest BCUT2D eigenvalue weighted by Gasteiger charge is 2.00. The van der Waals surface area contributed by atoms with Gasteiger partial charge < -0.3 is 10.1 Å². The van der Waals surface area contributed by atoms with E-state index in [1.165, 1.54) is 0 Å². The molecule has 2 rings (SSSR count). The summed E-state index contributed by atoms with van der Waals surface area (Å²) < 4.78 is 5.08. The highest BCUT2D eigenvalue weighted by Crippen LogP contribution is 2.13. The highest BCUT2D eigenvalue weighted by atomic mass is 16.5. The lowest BCUT2D eigenvalue weighted by molar-refractivity contribution is 0.397. The fraction of sp³-hybridized carbons (Fsp3) is 0.231. The Balaban J connectivity index is 2.05. The molecule has 0 saturated carbocycles. The summed E-state index contributed by atoms with van der Waals surface area (Å²) in [5.74, 6) is 1.53. The summed E-state index contributed by atoms with van der Waals surface area (Å²) in [6.07, 6.45) is 3.52. The van der Waals surface area contributed by atoms with Crippen molar-refractivity contribution in [3.63, 3.8) is 0 Å². The molecule has 0 fully saturated rings. The average Bonchev–Trinajstić information content (AvgIpc) is 2.38. The topological polar surface area (TPSA) is 47.0 Å². The molecule has 0 aromatic carbocycles. The molecule has 0 saturated heterocycles. The van der Waals surface area contributed by atoms with Gasteiger partial charge in [-0.05, 0) is 30.2 Å². The van der Waals surface area contributed by atoms with Crippen molar-refractivity contribution in [3.05, 3.63) is 47.8 Å². The summed E-state index contributed by atoms with van der Waals surface area (Å²) in [7, 11) is 1.61. The number of aryl methyl sites for hydroxylation is 1. The normalized spacial score (nSPS) is 10.0. The van der Waals surface area contributed by atoms with Crippen LogP contribution < -0.4 is 10.1 Å². The highest BCUT2D eigenvalue weighted by molar-refractivity contribution is 5.43. The van der Waals surface area contributed by atoms with Crippen LogP contribution in [0.15, 0.2) is 36.7 Å². The van der Waals surface area contributed by atoms with Gasteiger partial charge in [0.25, 0.3) is 0 Å². The Bertz CT molecular complexity index is 500. The molecular formula is C13H15N3O. The van der Waals surface area contributed by atoms with Crippen molar-refractivity contribution >= 4 is 5.82 Å². The van der Waals surface area contributed by atoms with Gasteiger partial charge in [-0.2, -0.15) is 0 Å². The molecule has 2 aromatic heterocycles. The minimum absolute atomic E-state index is 0.627. The lowest BCUT2D eigenvalue weighted by atomic mass is 10.2. The number of nitrogens with one attached hydrogen (secondary N) is 1. The molecule has 0 atom stereocenters. The van der Waals surface area contributed by atoms with E-state index in [4.69, 9.17) is 4.74 Å². The molecule has 0 aliphatic heterocycles. The monoisotopic (exact) mass is 229 g/mol. The first kappa shape index (κ1) is 11.4. The molecule has 4 heteroatoms. The van der Waals surface area contributed by atoms with Crippen LogP contribution in [0.2, 0.25) is 0 Å². The second-order valence-corrected chi connectivity index (χ2v) is 3.73. The van der Waals surface area contributed by atoms with E-state index >= 15 is 0 Å². The van der Waals surface area contributed by atoms with Crippen molar-refractivity contribution in [2.45, 2.75) is 13.5 Å². The quantitative estimate of drug-likeness (QED) is 0.874. The summed E-state index contributed by atoms with van der Waals surface area (Å²) in [4.78, 5) is 8.34. The van der Waals surface area contributed by atoms with Crippen LogP contribution in [0.25, 0.3) is 0 Å². The molecule has 4 nitrogen and oxygen atoms in total. The third-order valence-electron chi connectivity index (χ3n) is 2.48. The SMILES string of the molecule is COc1cc(CNc2ncccc2C)ccn1. The number of anilines is 1. The molecule has 0 aliphatic carbocycles. The van der Waals surface area contributed by atoms with Crippen molar-refractivity contribution in [3.8, 4) is 5.88 Å². The zero-order chi connectivity index (χ0) is 12.1. The van der Waals surface area contributed by atoms with Gasteiger partial charge in [-0.1, -0.05) is 6.07 Å². The van der Waals surface area contributed by atoms with Gasteiger partial charge >= 0.3 is 0 Å². The van der Waals surface area contributed by atoms with Gasteiger partial charge in [0, 0.05) is 25.0 Å². The van der Waals surface area contributed by atoms with Crippen LogP contribution in [0.1, 0.15) is 11.1 Å². The molecule has 0 spiro atoms. The van der Waals surface area contributed by atoms with Crippen molar-refractivity contribution in [1.82, 2.24) is 9.97 Å². The summed E-state index contributed by atoms with van der Waals surface area (Å²) in [6, 6.07) is 7.82. The summed E-state index contributed by atoms with van der Waals surface area (Å²) in [6.45, 7) is 2.74. The molecule has 0 bridgehead atoms. The number of nitrogens with zero attached hydrogens (tertiary/aromatic N) is 2.